The highest BCUT2D eigenvalue weighted by atomic mass is 16.1. The zero-order chi connectivity index (χ0) is 14.1. The Kier molecular flexibility index (Phi) is 7.24. The molecule has 0 aliphatic heterocycles. The third kappa shape index (κ3) is 5.46. The van der Waals surface area contributed by atoms with Crippen molar-refractivity contribution in [3.8, 4) is 0 Å². The number of carbonyl (C=O) groups excluding carboxylic acids is 1. The zero-order valence-corrected chi connectivity index (χ0v) is 12.5. The fraction of sp³-hybridized carbons (Fsp3) is 0.588. The molecule has 0 aliphatic carbocycles. The van der Waals surface area contributed by atoms with Gasteiger partial charge in [0.05, 0.1) is 5.92 Å². The minimum Gasteiger partial charge on any atom is -0.353 e. The monoisotopic (exact) mass is 261 g/mol. The first-order chi connectivity index (χ1) is 9.19. The third-order valence-corrected chi connectivity index (χ3v) is 3.56. The fourth-order valence-corrected chi connectivity index (χ4v) is 2.37. The van der Waals surface area contributed by atoms with Gasteiger partial charge in [-0.25, -0.2) is 0 Å². The molecule has 0 saturated carbocycles. The van der Waals surface area contributed by atoms with Gasteiger partial charge in [-0.2, -0.15) is 0 Å². The number of benzene rings is 1. The standard InChI is InChI=1S/C17H27NO/c1-4-6-8-11-14(3)18-17(19)16(5-2)15-12-9-7-10-13-15/h7,9-10,12-14,16H,4-6,8,11H2,1-3H3,(H,18,19). The molecule has 1 N–H and O–H groups in total. The number of nitrogens with one attached hydrogen (secondary N) is 1. The van der Waals surface area contributed by atoms with Crippen molar-refractivity contribution in [2.75, 3.05) is 0 Å². The lowest BCUT2D eigenvalue weighted by molar-refractivity contribution is -0.123. The number of unbranched alkanes of at least 4 members (excludes halogenated alkanes) is 2. The number of hydrogen-bond acceptors (Lipinski definition) is 1. The normalized spacial score (nSPS) is 13.8. The molecule has 1 aromatic rings. The summed E-state index contributed by atoms with van der Waals surface area (Å²) in [6.45, 7) is 6.37. The summed E-state index contributed by atoms with van der Waals surface area (Å²) in [5, 5.41) is 3.15. The summed E-state index contributed by atoms with van der Waals surface area (Å²) in [5.41, 5.74) is 1.11. The van der Waals surface area contributed by atoms with E-state index < -0.39 is 0 Å². The van der Waals surface area contributed by atoms with Gasteiger partial charge in [0, 0.05) is 6.04 Å². The molecule has 106 valence electrons. The Morgan fingerprint density at radius 3 is 2.42 bits per heavy atom. The molecule has 2 unspecified atom stereocenters. The van der Waals surface area contributed by atoms with Gasteiger partial charge in [0.2, 0.25) is 5.91 Å². The summed E-state index contributed by atoms with van der Waals surface area (Å²) in [4.78, 5) is 12.3. The lowest BCUT2D eigenvalue weighted by Gasteiger charge is -2.19. The molecule has 0 radical (unpaired) electrons. The van der Waals surface area contributed by atoms with E-state index in [1.54, 1.807) is 0 Å². The van der Waals surface area contributed by atoms with Crippen molar-refractivity contribution in [3.05, 3.63) is 35.9 Å². The minimum atomic E-state index is -0.0187. The average molecular weight is 261 g/mol. The van der Waals surface area contributed by atoms with Crippen LogP contribution in [0.3, 0.4) is 0 Å². The van der Waals surface area contributed by atoms with Gasteiger partial charge in [-0.05, 0) is 25.3 Å². The van der Waals surface area contributed by atoms with Crippen LogP contribution in [0.1, 0.15) is 64.4 Å². The van der Waals surface area contributed by atoms with Gasteiger partial charge >= 0.3 is 0 Å². The molecule has 0 spiro atoms. The molecule has 2 atom stereocenters. The smallest absolute Gasteiger partial charge is 0.227 e. The van der Waals surface area contributed by atoms with Crippen LogP contribution >= 0.6 is 0 Å². The fourth-order valence-electron chi connectivity index (χ4n) is 2.37. The molecular formula is C17H27NO. The SMILES string of the molecule is CCCCCC(C)NC(=O)C(CC)c1ccccc1. The summed E-state index contributed by atoms with van der Waals surface area (Å²) in [5.74, 6) is 0.146. The van der Waals surface area contributed by atoms with Crippen LogP contribution < -0.4 is 5.32 Å². The van der Waals surface area contributed by atoms with Crippen LogP contribution in [0.2, 0.25) is 0 Å². The van der Waals surface area contributed by atoms with E-state index in [0.717, 1.165) is 18.4 Å². The summed E-state index contributed by atoms with van der Waals surface area (Å²) in [6.07, 6.45) is 5.58. The highest BCUT2D eigenvalue weighted by molar-refractivity contribution is 5.83. The highest BCUT2D eigenvalue weighted by Crippen LogP contribution is 2.19. The highest BCUT2D eigenvalue weighted by Gasteiger charge is 2.19. The third-order valence-electron chi connectivity index (χ3n) is 3.56. The van der Waals surface area contributed by atoms with Crippen molar-refractivity contribution in [3.63, 3.8) is 0 Å². The summed E-state index contributed by atoms with van der Waals surface area (Å²) < 4.78 is 0. The Balaban J connectivity index is 2.50. The predicted molar refractivity (Wildman–Crippen MR) is 81.2 cm³/mol. The largest absolute Gasteiger partial charge is 0.353 e. The zero-order valence-electron chi connectivity index (χ0n) is 12.5. The van der Waals surface area contributed by atoms with Crippen molar-refractivity contribution >= 4 is 5.91 Å². The molecule has 0 aromatic heterocycles. The van der Waals surface area contributed by atoms with Crippen LogP contribution in [-0.2, 0) is 4.79 Å². The van der Waals surface area contributed by atoms with E-state index in [4.69, 9.17) is 0 Å². The molecule has 1 aromatic carbocycles. The number of hydrogen-bond donors (Lipinski definition) is 1. The van der Waals surface area contributed by atoms with E-state index in [1.807, 2.05) is 30.3 Å². The van der Waals surface area contributed by atoms with Gasteiger partial charge in [-0.1, -0.05) is 63.4 Å². The topological polar surface area (TPSA) is 29.1 Å². The number of rotatable bonds is 8. The van der Waals surface area contributed by atoms with Crippen LogP contribution in [0.5, 0.6) is 0 Å². The van der Waals surface area contributed by atoms with Gasteiger partial charge in [-0.3, -0.25) is 4.79 Å². The molecule has 1 amide bonds. The lowest BCUT2D eigenvalue weighted by Crippen LogP contribution is -2.36. The van der Waals surface area contributed by atoms with E-state index >= 15 is 0 Å². The Labute approximate surface area is 117 Å². The van der Waals surface area contributed by atoms with E-state index in [0.29, 0.717) is 0 Å². The van der Waals surface area contributed by atoms with Crippen molar-refractivity contribution in [2.24, 2.45) is 0 Å². The molecule has 2 heteroatoms. The first-order valence-corrected chi connectivity index (χ1v) is 7.54. The predicted octanol–water partition coefficient (Wildman–Crippen LogP) is 4.27. The first-order valence-electron chi connectivity index (χ1n) is 7.54. The van der Waals surface area contributed by atoms with E-state index in [1.165, 1.54) is 19.3 Å². The Bertz CT molecular complexity index is 361. The summed E-state index contributed by atoms with van der Waals surface area (Å²) in [7, 11) is 0. The first kappa shape index (κ1) is 15.7. The second-order valence-corrected chi connectivity index (χ2v) is 5.28. The van der Waals surface area contributed by atoms with Crippen LogP contribution in [-0.4, -0.2) is 11.9 Å². The van der Waals surface area contributed by atoms with E-state index in [2.05, 4.69) is 26.1 Å². The van der Waals surface area contributed by atoms with Crippen molar-refractivity contribution in [2.45, 2.75) is 64.8 Å². The molecule has 0 fully saturated rings. The van der Waals surface area contributed by atoms with Gasteiger partial charge in [0.25, 0.3) is 0 Å². The van der Waals surface area contributed by atoms with Gasteiger partial charge in [0.1, 0.15) is 0 Å². The second kappa shape index (κ2) is 8.73. The molecule has 0 saturated heterocycles. The van der Waals surface area contributed by atoms with Gasteiger partial charge in [-0.15, -0.1) is 0 Å². The van der Waals surface area contributed by atoms with Gasteiger partial charge < -0.3 is 5.32 Å². The maximum atomic E-state index is 12.3. The Morgan fingerprint density at radius 1 is 1.16 bits per heavy atom. The molecular weight excluding hydrogens is 234 g/mol. The van der Waals surface area contributed by atoms with Crippen LogP contribution in [0.4, 0.5) is 0 Å². The molecule has 2 nitrogen and oxygen atoms in total. The van der Waals surface area contributed by atoms with Crippen molar-refractivity contribution in [1.82, 2.24) is 5.32 Å². The van der Waals surface area contributed by atoms with E-state index in [-0.39, 0.29) is 17.9 Å². The summed E-state index contributed by atoms with van der Waals surface area (Å²) >= 11 is 0. The quantitative estimate of drug-likeness (QED) is 0.696. The second-order valence-electron chi connectivity index (χ2n) is 5.28. The lowest BCUT2D eigenvalue weighted by atomic mass is 9.95. The molecule has 0 heterocycles. The molecule has 1 rings (SSSR count). The molecule has 0 aliphatic rings. The summed E-state index contributed by atoms with van der Waals surface area (Å²) in [6, 6.07) is 10.3. The van der Waals surface area contributed by atoms with Crippen LogP contribution in [0, 0.1) is 0 Å². The van der Waals surface area contributed by atoms with E-state index in [9.17, 15) is 4.79 Å². The van der Waals surface area contributed by atoms with Crippen LogP contribution in [0.25, 0.3) is 0 Å². The van der Waals surface area contributed by atoms with Gasteiger partial charge in [0.15, 0.2) is 0 Å². The maximum Gasteiger partial charge on any atom is 0.227 e. The number of amides is 1. The molecule has 19 heavy (non-hydrogen) atoms. The average Bonchev–Trinajstić information content (AvgIpc) is 2.41. The van der Waals surface area contributed by atoms with Crippen molar-refractivity contribution in [1.29, 1.82) is 0 Å². The minimum absolute atomic E-state index is 0.0187. The Morgan fingerprint density at radius 2 is 1.84 bits per heavy atom. The number of carbonyl (C=O) groups is 1. The van der Waals surface area contributed by atoms with Crippen molar-refractivity contribution < 1.29 is 4.79 Å². The Hall–Kier alpha value is -1.31. The molecule has 0 bridgehead atoms. The van der Waals surface area contributed by atoms with Crippen LogP contribution in [0.15, 0.2) is 30.3 Å². The maximum absolute atomic E-state index is 12.3.